The number of hydrogen-bond donors (Lipinski definition) is 0. The third-order valence-electron chi connectivity index (χ3n) is 1.52. The van der Waals surface area contributed by atoms with Crippen molar-refractivity contribution in [1.29, 1.82) is 0 Å². The van der Waals surface area contributed by atoms with Crippen molar-refractivity contribution in [1.82, 2.24) is 0 Å². The SMILES string of the molecule is CCOCCCC#CC(=O)C(=O)OC(C)C. The molecule has 0 saturated heterocycles. The lowest BCUT2D eigenvalue weighted by Gasteiger charge is -2.03. The summed E-state index contributed by atoms with van der Waals surface area (Å²) in [5.41, 5.74) is 0. The molecule has 0 saturated carbocycles. The highest BCUT2D eigenvalue weighted by molar-refractivity contribution is 6.40. The maximum atomic E-state index is 11.1. The Morgan fingerprint density at radius 2 is 2.00 bits per heavy atom. The smallest absolute Gasteiger partial charge is 0.388 e. The maximum absolute atomic E-state index is 11.1. The summed E-state index contributed by atoms with van der Waals surface area (Å²) in [6.45, 7) is 6.57. The van der Waals surface area contributed by atoms with E-state index in [1.807, 2.05) is 6.92 Å². The Morgan fingerprint density at radius 1 is 1.31 bits per heavy atom. The van der Waals surface area contributed by atoms with Crippen molar-refractivity contribution in [3.05, 3.63) is 0 Å². The number of unbranched alkanes of at least 4 members (excludes halogenated alkanes) is 1. The summed E-state index contributed by atoms with van der Waals surface area (Å²) in [5, 5.41) is 0. The van der Waals surface area contributed by atoms with Gasteiger partial charge in [-0.25, -0.2) is 4.79 Å². The van der Waals surface area contributed by atoms with Crippen LogP contribution < -0.4 is 0 Å². The van der Waals surface area contributed by atoms with Gasteiger partial charge in [-0.15, -0.1) is 0 Å². The normalized spacial score (nSPS) is 9.50. The van der Waals surface area contributed by atoms with Crippen LogP contribution in [-0.2, 0) is 19.1 Å². The first kappa shape index (κ1) is 14.7. The van der Waals surface area contributed by atoms with E-state index in [1.165, 1.54) is 0 Å². The van der Waals surface area contributed by atoms with Gasteiger partial charge in [0.25, 0.3) is 0 Å². The lowest BCUT2D eigenvalue weighted by atomic mass is 10.3. The van der Waals surface area contributed by atoms with Gasteiger partial charge in [-0.1, -0.05) is 5.92 Å². The van der Waals surface area contributed by atoms with Gasteiger partial charge < -0.3 is 9.47 Å². The molecule has 4 heteroatoms. The van der Waals surface area contributed by atoms with Gasteiger partial charge >= 0.3 is 11.8 Å². The minimum absolute atomic E-state index is 0.295. The largest absolute Gasteiger partial charge is 0.456 e. The van der Waals surface area contributed by atoms with E-state index in [4.69, 9.17) is 9.47 Å². The zero-order chi connectivity index (χ0) is 12.4. The van der Waals surface area contributed by atoms with Gasteiger partial charge in [0.2, 0.25) is 0 Å². The fraction of sp³-hybridized carbons (Fsp3) is 0.667. The Hall–Kier alpha value is -1.34. The lowest BCUT2D eigenvalue weighted by Crippen LogP contribution is -2.19. The second-order valence-corrected chi connectivity index (χ2v) is 3.39. The van der Waals surface area contributed by atoms with E-state index in [-0.39, 0.29) is 6.10 Å². The van der Waals surface area contributed by atoms with Gasteiger partial charge in [0.15, 0.2) is 0 Å². The third-order valence-corrected chi connectivity index (χ3v) is 1.52. The molecule has 0 radical (unpaired) electrons. The average Bonchev–Trinajstić information content (AvgIpc) is 2.21. The molecule has 0 aliphatic rings. The molecule has 0 rings (SSSR count). The standard InChI is InChI=1S/C12H18O4/c1-4-15-9-7-5-6-8-11(13)12(14)16-10(2)3/h10H,4-5,7,9H2,1-3H3. The summed E-state index contributed by atoms with van der Waals surface area (Å²) in [7, 11) is 0. The van der Waals surface area contributed by atoms with E-state index in [2.05, 4.69) is 11.8 Å². The predicted molar refractivity (Wildman–Crippen MR) is 59.7 cm³/mol. The molecule has 0 aliphatic heterocycles. The van der Waals surface area contributed by atoms with Gasteiger partial charge in [0.05, 0.1) is 6.10 Å². The summed E-state index contributed by atoms with van der Waals surface area (Å²) >= 11 is 0. The molecular formula is C12H18O4. The monoisotopic (exact) mass is 226 g/mol. The third kappa shape index (κ3) is 8.01. The highest BCUT2D eigenvalue weighted by Gasteiger charge is 2.13. The van der Waals surface area contributed by atoms with Crippen LogP contribution in [0.5, 0.6) is 0 Å². The van der Waals surface area contributed by atoms with Crippen LogP contribution in [0.3, 0.4) is 0 Å². The van der Waals surface area contributed by atoms with Gasteiger partial charge in [0, 0.05) is 19.6 Å². The average molecular weight is 226 g/mol. The summed E-state index contributed by atoms with van der Waals surface area (Å²) in [4.78, 5) is 22.1. The first-order chi connectivity index (χ1) is 7.57. The summed E-state index contributed by atoms with van der Waals surface area (Å²) in [6.07, 6.45) is 1.00. The zero-order valence-electron chi connectivity index (χ0n) is 10.0. The van der Waals surface area contributed by atoms with Crippen molar-refractivity contribution >= 4 is 11.8 Å². The molecule has 0 fully saturated rings. The minimum atomic E-state index is -0.882. The Bertz CT molecular complexity index is 283. The number of carbonyl (C=O) groups is 2. The Labute approximate surface area is 96.3 Å². The molecular weight excluding hydrogens is 208 g/mol. The molecule has 0 heterocycles. The molecule has 90 valence electrons. The fourth-order valence-corrected chi connectivity index (χ4v) is 0.868. The molecule has 0 N–H and O–H groups in total. The molecule has 0 atom stereocenters. The van der Waals surface area contributed by atoms with Crippen LogP contribution >= 0.6 is 0 Å². The van der Waals surface area contributed by atoms with Crippen LogP contribution in [0.25, 0.3) is 0 Å². The highest BCUT2D eigenvalue weighted by Crippen LogP contribution is 1.91. The van der Waals surface area contributed by atoms with Gasteiger partial charge in [0.1, 0.15) is 0 Å². The number of ether oxygens (including phenoxy) is 2. The topological polar surface area (TPSA) is 52.6 Å². The van der Waals surface area contributed by atoms with E-state index in [1.54, 1.807) is 13.8 Å². The molecule has 0 aromatic rings. The molecule has 0 aromatic heterocycles. The molecule has 4 nitrogen and oxygen atoms in total. The van der Waals surface area contributed by atoms with Crippen molar-refractivity contribution in [2.45, 2.75) is 39.7 Å². The Morgan fingerprint density at radius 3 is 2.56 bits per heavy atom. The first-order valence-electron chi connectivity index (χ1n) is 5.39. The van der Waals surface area contributed by atoms with Gasteiger partial charge in [-0.05, 0) is 33.1 Å². The first-order valence-corrected chi connectivity index (χ1v) is 5.39. The number of carbonyl (C=O) groups excluding carboxylic acids is 2. The maximum Gasteiger partial charge on any atom is 0.388 e. The van der Waals surface area contributed by atoms with Crippen molar-refractivity contribution < 1.29 is 19.1 Å². The van der Waals surface area contributed by atoms with Crippen molar-refractivity contribution in [2.24, 2.45) is 0 Å². The molecule has 0 aromatic carbocycles. The van der Waals surface area contributed by atoms with E-state index in [9.17, 15) is 9.59 Å². The highest BCUT2D eigenvalue weighted by atomic mass is 16.5. The number of Topliss-reactive ketones (excluding diaryl/α,β-unsaturated/α-hetero) is 1. The van der Waals surface area contributed by atoms with Gasteiger partial charge in [-0.3, -0.25) is 4.79 Å². The van der Waals surface area contributed by atoms with E-state index >= 15 is 0 Å². The molecule has 0 bridgehead atoms. The number of rotatable bonds is 6. The van der Waals surface area contributed by atoms with E-state index < -0.39 is 11.8 Å². The van der Waals surface area contributed by atoms with Crippen LogP contribution in [0.2, 0.25) is 0 Å². The van der Waals surface area contributed by atoms with Crippen LogP contribution in [0.4, 0.5) is 0 Å². The molecule has 0 amide bonds. The van der Waals surface area contributed by atoms with E-state index in [0.717, 1.165) is 6.42 Å². The Balaban J connectivity index is 3.78. The summed E-state index contributed by atoms with van der Waals surface area (Å²) in [6, 6.07) is 0. The second kappa shape index (κ2) is 8.93. The number of hydrogen-bond acceptors (Lipinski definition) is 4. The molecule has 0 spiro atoms. The van der Waals surface area contributed by atoms with Crippen molar-refractivity contribution in [3.63, 3.8) is 0 Å². The predicted octanol–water partition coefficient (Wildman–Crippen LogP) is 1.33. The van der Waals surface area contributed by atoms with Crippen molar-refractivity contribution in [3.8, 4) is 11.8 Å². The summed E-state index contributed by atoms with van der Waals surface area (Å²) < 4.78 is 9.79. The number of ketones is 1. The molecule has 0 unspecified atom stereocenters. The van der Waals surface area contributed by atoms with Crippen molar-refractivity contribution in [2.75, 3.05) is 13.2 Å². The number of esters is 1. The zero-order valence-corrected chi connectivity index (χ0v) is 10.0. The minimum Gasteiger partial charge on any atom is -0.456 e. The lowest BCUT2D eigenvalue weighted by molar-refractivity contribution is -0.154. The van der Waals surface area contributed by atoms with Gasteiger partial charge in [-0.2, -0.15) is 0 Å². The quantitative estimate of drug-likeness (QED) is 0.225. The van der Waals surface area contributed by atoms with Crippen LogP contribution in [0.15, 0.2) is 0 Å². The fourth-order valence-electron chi connectivity index (χ4n) is 0.868. The molecule has 0 aliphatic carbocycles. The van der Waals surface area contributed by atoms with E-state index in [0.29, 0.717) is 19.6 Å². The Kier molecular flexibility index (Phi) is 8.18. The molecule has 16 heavy (non-hydrogen) atoms. The van der Waals surface area contributed by atoms with Crippen LogP contribution in [0, 0.1) is 11.8 Å². The summed E-state index contributed by atoms with van der Waals surface area (Å²) in [5.74, 6) is 3.19. The van der Waals surface area contributed by atoms with Crippen LogP contribution in [-0.4, -0.2) is 31.1 Å². The van der Waals surface area contributed by atoms with Crippen LogP contribution in [0.1, 0.15) is 33.6 Å². The second-order valence-electron chi connectivity index (χ2n) is 3.39.